The van der Waals surface area contributed by atoms with Crippen molar-refractivity contribution in [2.45, 2.75) is 20.3 Å². The summed E-state index contributed by atoms with van der Waals surface area (Å²) < 4.78 is 2.05. The van der Waals surface area contributed by atoms with Crippen molar-refractivity contribution in [2.24, 2.45) is 0 Å². The van der Waals surface area contributed by atoms with Crippen LogP contribution in [0.3, 0.4) is 0 Å². The Morgan fingerprint density at radius 3 is 2.71 bits per heavy atom. The molecule has 0 fully saturated rings. The van der Waals surface area contributed by atoms with E-state index in [2.05, 4.69) is 15.5 Å². The second-order valence-corrected chi connectivity index (χ2v) is 4.53. The molecule has 0 unspecified atom stereocenters. The van der Waals surface area contributed by atoms with Crippen LogP contribution in [0.5, 0.6) is 0 Å². The lowest BCUT2D eigenvalue weighted by Crippen LogP contribution is -2.24. The van der Waals surface area contributed by atoms with Gasteiger partial charge in [0.15, 0.2) is 0 Å². The number of fused-ring (bicyclic) bond motifs is 1. The van der Waals surface area contributed by atoms with Gasteiger partial charge in [-0.15, -0.1) is 0 Å². The van der Waals surface area contributed by atoms with Gasteiger partial charge < -0.3 is 9.30 Å². The van der Waals surface area contributed by atoms with E-state index in [1.54, 1.807) is 25.2 Å². The molecule has 0 aliphatic rings. The summed E-state index contributed by atoms with van der Waals surface area (Å²) >= 11 is 0. The molecule has 2 aromatic heterocycles. The van der Waals surface area contributed by atoms with E-state index in [0.29, 0.717) is 6.42 Å². The van der Waals surface area contributed by atoms with Crippen LogP contribution >= 0.6 is 0 Å². The van der Waals surface area contributed by atoms with E-state index in [4.69, 9.17) is 0 Å². The molecule has 17 heavy (non-hydrogen) atoms. The predicted molar refractivity (Wildman–Crippen MR) is 67.1 cm³/mol. The van der Waals surface area contributed by atoms with E-state index in [1.165, 1.54) is 0 Å². The minimum absolute atomic E-state index is 0.0905. The molecule has 2 heterocycles. The van der Waals surface area contributed by atoms with Crippen LogP contribution in [0.15, 0.2) is 18.3 Å². The number of hydrogen-bond donors (Lipinski definition) is 0. The fourth-order valence-corrected chi connectivity index (χ4v) is 1.89. The van der Waals surface area contributed by atoms with Gasteiger partial charge in [-0.25, -0.2) is 4.98 Å². The maximum atomic E-state index is 11.7. The number of amides is 1. The number of aryl methyl sites for hydroxylation is 2. The third-order valence-corrected chi connectivity index (χ3v) is 2.95. The van der Waals surface area contributed by atoms with Crippen LogP contribution in [0.1, 0.15) is 17.0 Å². The van der Waals surface area contributed by atoms with E-state index in [0.717, 1.165) is 22.6 Å². The Kier molecular flexibility index (Phi) is 2.88. The van der Waals surface area contributed by atoms with Crippen molar-refractivity contribution < 1.29 is 4.79 Å². The van der Waals surface area contributed by atoms with Crippen molar-refractivity contribution in [1.29, 1.82) is 0 Å². The molecule has 0 bridgehead atoms. The summed E-state index contributed by atoms with van der Waals surface area (Å²) in [5.41, 5.74) is 4.11. The van der Waals surface area contributed by atoms with E-state index in [-0.39, 0.29) is 5.91 Å². The number of nitrogens with zero attached hydrogens (tertiary/aromatic N) is 3. The largest absolute Gasteiger partial charge is 0.348 e. The standard InChI is InChI=1S/C13H17N3O/c1-9-5-6-10(2)16-11(8-14-13(9)16)7-12(17)15(3)4/h5-6,8H,7H2,1-4H3. The number of imidazole rings is 1. The Morgan fingerprint density at radius 1 is 1.35 bits per heavy atom. The van der Waals surface area contributed by atoms with Gasteiger partial charge in [-0.05, 0) is 25.5 Å². The third kappa shape index (κ3) is 2.02. The molecule has 1 amide bonds. The fourth-order valence-electron chi connectivity index (χ4n) is 1.89. The summed E-state index contributed by atoms with van der Waals surface area (Å²) in [5, 5.41) is 0. The van der Waals surface area contributed by atoms with Crippen LogP contribution < -0.4 is 0 Å². The van der Waals surface area contributed by atoms with Gasteiger partial charge in [0.2, 0.25) is 5.91 Å². The highest BCUT2D eigenvalue weighted by molar-refractivity contribution is 5.78. The van der Waals surface area contributed by atoms with Crippen LogP contribution in [0.2, 0.25) is 0 Å². The molecule has 0 radical (unpaired) electrons. The topological polar surface area (TPSA) is 37.6 Å². The van der Waals surface area contributed by atoms with Crippen molar-refractivity contribution >= 4 is 11.6 Å². The van der Waals surface area contributed by atoms with Gasteiger partial charge in [-0.1, -0.05) is 6.07 Å². The maximum absolute atomic E-state index is 11.7. The lowest BCUT2D eigenvalue weighted by atomic mass is 10.2. The highest BCUT2D eigenvalue weighted by atomic mass is 16.2. The Labute approximate surface area is 101 Å². The average molecular weight is 231 g/mol. The molecule has 2 aromatic rings. The van der Waals surface area contributed by atoms with Crippen molar-refractivity contribution in [1.82, 2.24) is 14.3 Å². The molecule has 0 saturated heterocycles. The maximum Gasteiger partial charge on any atom is 0.228 e. The van der Waals surface area contributed by atoms with Crippen LogP contribution in [0.25, 0.3) is 5.65 Å². The zero-order valence-electron chi connectivity index (χ0n) is 10.7. The molecule has 0 N–H and O–H groups in total. The van der Waals surface area contributed by atoms with Crippen molar-refractivity contribution in [3.63, 3.8) is 0 Å². The third-order valence-electron chi connectivity index (χ3n) is 2.95. The number of carbonyl (C=O) groups excluding carboxylic acids is 1. The molecule has 4 nitrogen and oxygen atoms in total. The number of rotatable bonds is 2. The van der Waals surface area contributed by atoms with E-state index >= 15 is 0 Å². The summed E-state index contributed by atoms with van der Waals surface area (Å²) in [5.74, 6) is 0.0905. The molecule has 90 valence electrons. The van der Waals surface area contributed by atoms with Gasteiger partial charge in [-0.3, -0.25) is 4.79 Å². The first kappa shape index (κ1) is 11.6. The predicted octanol–water partition coefficient (Wildman–Crippen LogP) is 1.58. The summed E-state index contributed by atoms with van der Waals surface area (Å²) in [6, 6.07) is 4.10. The van der Waals surface area contributed by atoms with E-state index < -0.39 is 0 Å². The molecule has 0 spiro atoms. The average Bonchev–Trinajstić information content (AvgIpc) is 2.68. The van der Waals surface area contributed by atoms with Gasteiger partial charge in [0.1, 0.15) is 5.65 Å². The zero-order chi connectivity index (χ0) is 12.6. The number of pyridine rings is 1. The second-order valence-electron chi connectivity index (χ2n) is 4.53. The normalized spacial score (nSPS) is 10.8. The molecule has 0 aliphatic carbocycles. The fraction of sp³-hybridized carbons (Fsp3) is 0.385. The van der Waals surface area contributed by atoms with Gasteiger partial charge in [-0.2, -0.15) is 0 Å². The molecular weight excluding hydrogens is 214 g/mol. The minimum atomic E-state index is 0.0905. The second kappa shape index (κ2) is 4.20. The Hall–Kier alpha value is -1.84. The highest BCUT2D eigenvalue weighted by Gasteiger charge is 2.12. The smallest absolute Gasteiger partial charge is 0.228 e. The van der Waals surface area contributed by atoms with Crippen molar-refractivity contribution in [3.8, 4) is 0 Å². The lowest BCUT2D eigenvalue weighted by molar-refractivity contribution is -0.128. The molecule has 0 aliphatic heterocycles. The molecule has 0 aromatic carbocycles. The Morgan fingerprint density at radius 2 is 2.06 bits per heavy atom. The lowest BCUT2D eigenvalue weighted by Gasteiger charge is -2.11. The summed E-state index contributed by atoms with van der Waals surface area (Å²) in [6.07, 6.45) is 2.18. The quantitative estimate of drug-likeness (QED) is 0.787. The number of likely N-dealkylation sites (N-methyl/N-ethyl adjacent to an activating group) is 1. The molecule has 4 heteroatoms. The minimum Gasteiger partial charge on any atom is -0.348 e. The Bertz CT molecular complexity index is 569. The van der Waals surface area contributed by atoms with Crippen molar-refractivity contribution in [3.05, 3.63) is 35.3 Å². The number of hydrogen-bond acceptors (Lipinski definition) is 2. The van der Waals surface area contributed by atoms with Crippen LogP contribution in [-0.4, -0.2) is 34.3 Å². The van der Waals surface area contributed by atoms with Crippen LogP contribution in [0, 0.1) is 13.8 Å². The molecule has 0 atom stereocenters. The SMILES string of the molecule is Cc1ccc(C)n2c(CC(=O)N(C)C)cnc12. The molecule has 0 saturated carbocycles. The first-order chi connectivity index (χ1) is 8.00. The monoisotopic (exact) mass is 231 g/mol. The summed E-state index contributed by atoms with van der Waals surface area (Å²) in [7, 11) is 3.54. The summed E-state index contributed by atoms with van der Waals surface area (Å²) in [4.78, 5) is 17.7. The molecular formula is C13H17N3O. The number of carbonyl (C=O) groups is 1. The van der Waals surface area contributed by atoms with Crippen LogP contribution in [0.4, 0.5) is 0 Å². The zero-order valence-corrected chi connectivity index (χ0v) is 10.7. The first-order valence-electron chi connectivity index (χ1n) is 5.63. The summed E-state index contributed by atoms with van der Waals surface area (Å²) in [6.45, 7) is 4.05. The van der Waals surface area contributed by atoms with E-state index in [1.807, 2.05) is 19.9 Å². The van der Waals surface area contributed by atoms with Gasteiger partial charge >= 0.3 is 0 Å². The van der Waals surface area contributed by atoms with E-state index in [9.17, 15) is 4.79 Å². The molecule has 2 rings (SSSR count). The number of aromatic nitrogens is 2. The van der Waals surface area contributed by atoms with Crippen molar-refractivity contribution in [2.75, 3.05) is 14.1 Å². The van der Waals surface area contributed by atoms with Crippen LogP contribution in [-0.2, 0) is 11.2 Å². The Balaban J connectivity index is 2.49. The first-order valence-corrected chi connectivity index (χ1v) is 5.63. The highest BCUT2D eigenvalue weighted by Crippen LogP contribution is 2.15. The van der Waals surface area contributed by atoms with Gasteiger partial charge in [0.05, 0.1) is 12.1 Å². The van der Waals surface area contributed by atoms with Gasteiger partial charge in [0.25, 0.3) is 0 Å². The van der Waals surface area contributed by atoms with Gasteiger partial charge in [0, 0.05) is 26.0 Å².